The van der Waals surface area contributed by atoms with E-state index in [0.717, 1.165) is 32.8 Å². The van der Waals surface area contributed by atoms with Crippen molar-refractivity contribution >= 4 is 27.5 Å². The van der Waals surface area contributed by atoms with Gasteiger partial charge in [-0.25, -0.2) is 0 Å². The first-order chi connectivity index (χ1) is 12.5. The summed E-state index contributed by atoms with van der Waals surface area (Å²) in [6, 6.07) is 11.5. The van der Waals surface area contributed by atoms with E-state index in [2.05, 4.69) is 4.99 Å². The number of aromatic nitrogens is 1. The molecular weight excluding hydrogens is 348 g/mol. The van der Waals surface area contributed by atoms with Crippen LogP contribution in [0.15, 0.2) is 41.4 Å². The molecule has 0 spiro atoms. The number of hydrogen-bond acceptors (Lipinski definition) is 4. The van der Waals surface area contributed by atoms with Gasteiger partial charge < -0.3 is 14.0 Å². The van der Waals surface area contributed by atoms with Crippen LogP contribution in [0.2, 0.25) is 0 Å². The Morgan fingerprint density at radius 1 is 1.19 bits per heavy atom. The molecule has 0 saturated heterocycles. The molecular formula is C20H22N2O3S. The fraction of sp³-hybridized carbons (Fsp3) is 0.300. The predicted octanol–water partition coefficient (Wildman–Crippen LogP) is 3.63. The van der Waals surface area contributed by atoms with Crippen LogP contribution in [-0.2, 0) is 18.3 Å². The number of carbonyl (C=O) groups is 1. The van der Waals surface area contributed by atoms with E-state index in [0.29, 0.717) is 11.4 Å². The summed E-state index contributed by atoms with van der Waals surface area (Å²) in [5, 5.41) is 0. The van der Waals surface area contributed by atoms with E-state index in [1.165, 1.54) is 11.3 Å². The number of nitrogens with zero attached hydrogens (tertiary/aromatic N) is 2. The molecule has 0 aliphatic heterocycles. The van der Waals surface area contributed by atoms with E-state index >= 15 is 0 Å². The van der Waals surface area contributed by atoms with Crippen molar-refractivity contribution < 1.29 is 14.3 Å². The first kappa shape index (κ1) is 18.2. The van der Waals surface area contributed by atoms with Crippen LogP contribution in [0.1, 0.15) is 18.1 Å². The summed E-state index contributed by atoms with van der Waals surface area (Å²) in [4.78, 5) is 17.4. The second-order valence-electron chi connectivity index (χ2n) is 5.97. The van der Waals surface area contributed by atoms with E-state index in [-0.39, 0.29) is 12.3 Å². The summed E-state index contributed by atoms with van der Waals surface area (Å²) in [5.74, 6) is 1.41. The molecule has 0 bridgehead atoms. The van der Waals surface area contributed by atoms with E-state index < -0.39 is 0 Å². The smallest absolute Gasteiger partial charge is 0.252 e. The number of ether oxygens (including phenoxy) is 2. The predicted molar refractivity (Wildman–Crippen MR) is 104 cm³/mol. The highest BCUT2D eigenvalue weighted by Crippen LogP contribution is 2.29. The third kappa shape index (κ3) is 3.65. The third-order valence-electron chi connectivity index (χ3n) is 4.14. The number of aryl methyl sites for hydroxylation is 2. The van der Waals surface area contributed by atoms with Crippen molar-refractivity contribution in [2.24, 2.45) is 12.0 Å². The fourth-order valence-corrected chi connectivity index (χ4v) is 3.93. The zero-order valence-corrected chi connectivity index (χ0v) is 16.2. The van der Waals surface area contributed by atoms with Crippen molar-refractivity contribution in [2.75, 3.05) is 13.7 Å². The zero-order valence-electron chi connectivity index (χ0n) is 15.4. The van der Waals surface area contributed by atoms with Gasteiger partial charge in [-0.2, -0.15) is 4.99 Å². The number of thiazole rings is 1. The summed E-state index contributed by atoms with van der Waals surface area (Å²) in [5.41, 5.74) is 3.02. The maximum Gasteiger partial charge on any atom is 0.252 e. The summed E-state index contributed by atoms with van der Waals surface area (Å²) >= 11 is 1.50. The van der Waals surface area contributed by atoms with Gasteiger partial charge in [-0.05, 0) is 43.2 Å². The lowest BCUT2D eigenvalue weighted by Crippen LogP contribution is -2.14. The van der Waals surface area contributed by atoms with Crippen molar-refractivity contribution in [1.82, 2.24) is 4.57 Å². The molecule has 1 heterocycles. The van der Waals surface area contributed by atoms with Crippen LogP contribution in [0.25, 0.3) is 10.2 Å². The molecule has 0 unspecified atom stereocenters. The zero-order chi connectivity index (χ0) is 18.7. The van der Waals surface area contributed by atoms with E-state index in [4.69, 9.17) is 9.47 Å². The molecule has 3 aromatic rings. The summed E-state index contributed by atoms with van der Waals surface area (Å²) in [6.45, 7) is 4.61. The molecule has 0 N–H and O–H groups in total. The molecule has 1 amide bonds. The van der Waals surface area contributed by atoms with Gasteiger partial charge in [-0.3, -0.25) is 4.79 Å². The van der Waals surface area contributed by atoms with E-state index in [9.17, 15) is 4.79 Å². The molecule has 0 atom stereocenters. The number of carbonyl (C=O) groups excluding carboxylic acids is 1. The Bertz CT molecular complexity index is 1000. The lowest BCUT2D eigenvalue weighted by molar-refractivity contribution is -0.117. The molecule has 5 nitrogen and oxygen atoms in total. The van der Waals surface area contributed by atoms with Crippen LogP contribution < -0.4 is 14.3 Å². The maximum absolute atomic E-state index is 12.4. The Hall–Kier alpha value is -2.60. The molecule has 6 heteroatoms. The highest BCUT2D eigenvalue weighted by molar-refractivity contribution is 7.16. The number of fused-ring (bicyclic) bond motifs is 1. The number of methoxy groups -OCH3 is 1. The lowest BCUT2D eigenvalue weighted by atomic mass is 10.1. The van der Waals surface area contributed by atoms with Gasteiger partial charge in [0, 0.05) is 7.05 Å². The van der Waals surface area contributed by atoms with Gasteiger partial charge in [-0.15, -0.1) is 0 Å². The van der Waals surface area contributed by atoms with Gasteiger partial charge in [0.15, 0.2) is 4.80 Å². The van der Waals surface area contributed by atoms with Gasteiger partial charge in [-0.1, -0.05) is 29.5 Å². The molecule has 26 heavy (non-hydrogen) atoms. The Morgan fingerprint density at radius 3 is 2.58 bits per heavy atom. The second-order valence-corrected chi connectivity index (χ2v) is 6.94. The molecule has 0 saturated carbocycles. The van der Waals surface area contributed by atoms with Crippen molar-refractivity contribution in [3.63, 3.8) is 0 Å². The number of benzene rings is 2. The van der Waals surface area contributed by atoms with Crippen molar-refractivity contribution in [2.45, 2.75) is 20.3 Å². The molecule has 0 fully saturated rings. The highest BCUT2D eigenvalue weighted by Gasteiger charge is 2.12. The minimum atomic E-state index is -0.173. The molecule has 3 rings (SSSR count). The van der Waals surface area contributed by atoms with Crippen molar-refractivity contribution in [3.8, 4) is 11.5 Å². The topological polar surface area (TPSA) is 52.8 Å². The van der Waals surface area contributed by atoms with E-state index in [1.54, 1.807) is 7.11 Å². The Balaban J connectivity index is 1.90. The molecule has 1 aromatic heterocycles. The third-order valence-corrected chi connectivity index (χ3v) is 5.40. The maximum atomic E-state index is 12.4. The number of amides is 1. The summed E-state index contributed by atoms with van der Waals surface area (Å²) in [6.07, 6.45) is 0.261. The standard InChI is InChI=1S/C20H22N2O3S/c1-5-25-15-9-7-14(8-10-15)12-17(23)21-20-22(3)18-16(24-4)11-6-13(2)19(18)26-20/h6-11H,5,12H2,1-4H3. The number of rotatable bonds is 5. The summed E-state index contributed by atoms with van der Waals surface area (Å²) < 4.78 is 13.9. The van der Waals surface area contributed by atoms with Crippen LogP contribution in [-0.4, -0.2) is 24.2 Å². The average Bonchev–Trinajstić information content (AvgIpc) is 2.95. The van der Waals surface area contributed by atoms with E-state index in [1.807, 2.05) is 61.9 Å². The Labute approximate surface area is 156 Å². The molecule has 136 valence electrons. The molecule has 0 aliphatic carbocycles. The monoisotopic (exact) mass is 370 g/mol. The minimum Gasteiger partial charge on any atom is -0.495 e. The van der Waals surface area contributed by atoms with Crippen molar-refractivity contribution in [1.29, 1.82) is 0 Å². The van der Waals surface area contributed by atoms with Gasteiger partial charge in [0.1, 0.15) is 17.0 Å². The first-order valence-corrected chi connectivity index (χ1v) is 9.27. The van der Waals surface area contributed by atoms with Crippen molar-refractivity contribution in [3.05, 3.63) is 52.3 Å². The normalized spacial score (nSPS) is 11.8. The van der Waals surface area contributed by atoms with Gasteiger partial charge in [0.2, 0.25) is 0 Å². The summed E-state index contributed by atoms with van der Waals surface area (Å²) in [7, 11) is 3.56. The SMILES string of the molecule is CCOc1ccc(CC(=O)N=c2sc3c(C)ccc(OC)c3n2C)cc1. The van der Waals surface area contributed by atoms with Crippen LogP contribution in [0, 0.1) is 6.92 Å². The Morgan fingerprint density at radius 2 is 1.92 bits per heavy atom. The van der Waals surface area contributed by atoms with Gasteiger partial charge in [0.25, 0.3) is 5.91 Å². The average molecular weight is 370 g/mol. The molecule has 0 aliphatic rings. The molecule has 0 radical (unpaired) electrons. The molecule has 2 aromatic carbocycles. The largest absolute Gasteiger partial charge is 0.495 e. The Kier molecular flexibility index (Phi) is 5.42. The second kappa shape index (κ2) is 7.74. The fourth-order valence-electron chi connectivity index (χ4n) is 2.81. The highest BCUT2D eigenvalue weighted by atomic mass is 32.1. The van der Waals surface area contributed by atoms with Crippen LogP contribution in [0.4, 0.5) is 0 Å². The van der Waals surface area contributed by atoms with Crippen LogP contribution in [0.3, 0.4) is 0 Å². The quantitative estimate of drug-likeness (QED) is 0.689. The van der Waals surface area contributed by atoms with Gasteiger partial charge in [0.05, 0.1) is 24.8 Å². The van der Waals surface area contributed by atoms with Crippen LogP contribution in [0.5, 0.6) is 11.5 Å². The number of hydrogen-bond donors (Lipinski definition) is 0. The van der Waals surface area contributed by atoms with Gasteiger partial charge >= 0.3 is 0 Å². The van der Waals surface area contributed by atoms with Crippen LogP contribution >= 0.6 is 11.3 Å². The lowest BCUT2D eigenvalue weighted by Gasteiger charge is -2.05. The first-order valence-electron chi connectivity index (χ1n) is 8.46. The minimum absolute atomic E-state index is 0.173.